The van der Waals surface area contributed by atoms with E-state index in [1.165, 1.54) is 69.8 Å². The minimum absolute atomic E-state index is 0.393. The second-order valence-corrected chi connectivity index (χ2v) is 7.98. The minimum Gasteiger partial charge on any atom is -0.370 e. The molecule has 1 aromatic carbocycles. The molecule has 5 nitrogen and oxygen atoms in total. The third-order valence-corrected chi connectivity index (χ3v) is 6.15. The van der Waals surface area contributed by atoms with Gasteiger partial charge in [0.2, 0.25) is 5.96 Å². The predicted octanol–water partition coefficient (Wildman–Crippen LogP) is 3.62. The molecule has 2 aliphatic carbocycles. The van der Waals surface area contributed by atoms with Crippen molar-refractivity contribution in [3.05, 3.63) is 35.9 Å². The van der Waals surface area contributed by atoms with E-state index in [2.05, 4.69) is 41.0 Å². The van der Waals surface area contributed by atoms with Crippen molar-refractivity contribution in [3.8, 4) is 0 Å². The van der Waals surface area contributed by atoms with E-state index in [0.717, 1.165) is 5.96 Å². The van der Waals surface area contributed by atoms with Gasteiger partial charge in [0.05, 0.1) is 6.04 Å². The number of aliphatic imine (C=N–C) groups is 2. The first-order valence-electron chi connectivity index (χ1n) is 10.3. The predicted molar refractivity (Wildman–Crippen MR) is 107 cm³/mol. The molecule has 0 radical (unpaired) electrons. The average molecular weight is 354 g/mol. The van der Waals surface area contributed by atoms with Crippen LogP contribution in [0.25, 0.3) is 0 Å². The van der Waals surface area contributed by atoms with Gasteiger partial charge in [0, 0.05) is 5.92 Å². The first-order chi connectivity index (χ1) is 12.8. The van der Waals surface area contributed by atoms with Crippen molar-refractivity contribution in [1.29, 1.82) is 0 Å². The summed E-state index contributed by atoms with van der Waals surface area (Å²) in [4.78, 5) is 9.94. The summed E-state index contributed by atoms with van der Waals surface area (Å²) in [5, 5.41) is 6.90. The van der Waals surface area contributed by atoms with Crippen LogP contribution < -0.4 is 16.4 Å². The zero-order chi connectivity index (χ0) is 17.8. The van der Waals surface area contributed by atoms with Gasteiger partial charge in [0.25, 0.3) is 0 Å². The highest BCUT2D eigenvalue weighted by Gasteiger charge is 2.44. The summed E-state index contributed by atoms with van der Waals surface area (Å²) in [6.07, 6.45) is 12.4. The molecule has 2 fully saturated rings. The fraction of sp³-hybridized carbons (Fsp3) is 0.619. The van der Waals surface area contributed by atoms with E-state index in [1.54, 1.807) is 0 Å². The van der Waals surface area contributed by atoms with Crippen LogP contribution in [0.5, 0.6) is 0 Å². The maximum atomic E-state index is 6.27. The first-order valence-corrected chi connectivity index (χ1v) is 10.3. The fourth-order valence-electron chi connectivity index (χ4n) is 4.81. The average Bonchev–Trinajstić information content (AvgIpc) is 2.69. The molecule has 0 aromatic heterocycles. The zero-order valence-electron chi connectivity index (χ0n) is 15.6. The monoisotopic (exact) mass is 353 g/mol. The molecule has 1 unspecified atom stereocenters. The Morgan fingerprint density at radius 2 is 1.58 bits per heavy atom. The van der Waals surface area contributed by atoms with Gasteiger partial charge in [-0.25, -0.2) is 9.98 Å². The van der Waals surface area contributed by atoms with Crippen molar-refractivity contribution >= 4 is 11.9 Å². The Balaban J connectivity index is 1.69. The summed E-state index contributed by atoms with van der Waals surface area (Å²) in [7, 11) is 0. The molecule has 1 atom stereocenters. The summed E-state index contributed by atoms with van der Waals surface area (Å²) in [6, 6.07) is 11.0. The molecule has 0 saturated heterocycles. The molecule has 26 heavy (non-hydrogen) atoms. The summed E-state index contributed by atoms with van der Waals surface area (Å²) in [6.45, 7) is 0. The molecule has 1 heterocycles. The molecule has 1 aromatic rings. The number of hydrogen-bond donors (Lipinski definition) is 3. The lowest BCUT2D eigenvalue weighted by atomic mass is 9.76. The summed E-state index contributed by atoms with van der Waals surface area (Å²) in [5.41, 5.74) is 6.96. The number of nitrogens with zero attached hydrogens (tertiary/aromatic N) is 2. The van der Waals surface area contributed by atoms with Crippen LogP contribution >= 0.6 is 0 Å². The van der Waals surface area contributed by atoms with Crippen LogP contribution in [-0.2, 0) is 5.66 Å². The SMILES string of the molecule is NC1=NC(c2ccccc2)(C2CCCCC2)NC(=NC2CCCCC2)N1. The molecule has 1 aliphatic heterocycles. The molecule has 0 bridgehead atoms. The van der Waals surface area contributed by atoms with Gasteiger partial charge in [-0.2, -0.15) is 0 Å². The van der Waals surface area contributed by atoms with E-state index in [-0.39, 0.29) is 0 Å². The van der Waals surface area contributed by atoms with Crippen LogP contribution in [0.4, 0.5) is 0 Å². The van der Waals surface area contributed by atoms with Crippen molar-refractivity contribution in [2.45, 2.75) is 75.9 Å². The van der Waals surface area contributed by atoms with E-state index < -0.39 is 5.66 Å². The van der Waals surface area contributed by atoms with Crippen LogP contribution in [0.3, 0.4) is 0 Å². The largest absolute Gasteiger partial charge is 0.370 e. The highest BCUT2D eigenvalue weighted by atomic mass is 15.4. The Morgan fingerprint density at radius 3 is 2.27 bits per heavy atom. The quantitative estimate of drug-likeness (QED) is 0.777. The number of benzene rings is 1. The van der Waals surface area contributed by atoms with Crippen molar-refractivity contribution in [2.24, 2.45) is 21.6 Å². The normalized spacial score (nSPS) is 29.7. The van der Waals surface area contributed by atoms with Gasteiger partial charge in [0.1, 0.15) is 0 Å². The molecule has 2 saturated carbocycles. The first kappa shape index (κ1) is 17.4. The summed E-state index contributed by atoms with van der Waals surface area (Å²) in [5.74, 6) is 1.72. The zero-order valence-corrected chi connectivity index (χ0v) is 15.6. The van der Waals surface area contributed by atoms with Crippen LogP contribution in [0, 0.1) is 5.92 Å². The van der Waals surface area contributed by atoms with Crippen molar-refractivity contribution in [3.63, 3.8) is 0 Å². The maximum Gasteiger partial charge on any atom is 0.200 e. The highest BCUT2D eigenvalue weighted by molar-refractivity contribution is 6.00. The van der Waals surface area contributed by atoms with E-state index in [1.807, 2.05) is 0 Å². The molecular formula is C21H31N5. The lowest BCUT2D eigenvalue weighted by Gasteiger charge is -2.44. The van der Waals surface area contributed by atoms with E-state index >= 15 is 0 Å². The van der Waals surface area contributed by atoms with Crippen LogP contribution in [0.15, 0.2) is 40.3 Å². The van der Waals surface area contributed by atoms with Crippen molar-refractivity contribution < 1.29 is 0 Å². The van der Waals surface area contributed by atoms with Crippen molar-refractivity contribution in [2.75, 3.05) is 0 Å². The summed E-state index contributed by atoms with van der Waals surface area (Å²) < 4.78 is 0. The molecule has 140 valence electrons. The standard InChI is InChI=1S/C21H31N5/c22-19-24-20(23-18-14-8-3-9-15-18)26-21(25-19,16-10-4-1-5-11-16)17-12-6-2-7-13-17/h1,4-5,10-11,17-18H,2-3,6-9,12-15H2,(H4,22,23,24,25,26). The topological polar surface area (TPSA) is 74.8 Å². The molecule has 5 heteroatoms. The van der Waals surface area contributed by atoms with E-state index in [0.29, 0.717) is 17.9 Å². The van der Waals surface area contributed by atoms with Crippen LogP contribution in [-0.4, -0.2) is 18.0 Å². The Hall–Kier alpha value is -2.04. The lowest BCUT2D eigenvalue weighted by Crippen LogP contribution is -2.62. The van der Waals surface area contributed by atoms with Gasteiger partial charge in [-0.05, 0) is 31.2 Å². The molecule has 0 spiro atoms. The number of hydrogen-bond acceptors (Lipinski definition) is 3. The van der Waals surface area contributed by atoms with Crippen LogP contribution in [0.1, 0.15) is 69.8 Å². The highest BCUT2D eigenvalue weighted by Crippen LogP contribution is 2.41. The molecule has 4 N–H and O–H groups in total. The van der Waals surface area contributed by atoms with Crippen molar-refractivity contribution in [1.82, 2.24) is 10.6 Å². The van der Waals surface area contributed by atoms with Gasteiger partial charge in [-0.3, -0.25) is 5.32 Å². The van der Waals surface area contributed by atoms with Crippen LogP contribution in [0.2, 0.25) is 0 Å². The lowest BCUT2D eigenvalue weighted by molar-refractivity contribution is 0.186. The van der Waals surface area contributed by atoms with Gasteiger partial charge < -0.3 is 11.1 Å². The molecule has 0 amide bonds. The maximum absolute atomic E-state index is 6.27. The molecule has 3 aliphatic rings. The Labute approximate surface area is 156 Å². The number of rotatable bonds is 3. The fourth-order valence-corrected chi connectivity index (χ4v) is 4.81. The third-order valence-electron chi connectivity index (χ3n) is 6.15. The van der Waals surface area contributed by atoms with Gasteiger partial charge in [-0.15, -0.1) is 0 Å². The second kappa shape index (κ2) is 7.68. The minimum atomic E-state index is -0.496. The Morgan fingerprint density at radius 1 is 0.923 bits per heavy atom. The number of nitrogens with two attached hydrogens (primary N) is 1. The third kappa shape index (κ3) is 3.57. The Bertz CT molecular complexity index is 656. The smallest absolute Gasteiger partial charge is 0.200 e. The second-order valence-electron chi connectivity index (χ2n) is 7.98. The van der Waals surface area contributed by atoms with Gasteiger partial charge in [-0.1, -0.05) is 68.9 Å². The Kier molecular flexibility index (Phi) is 5.14. The summed E-state index contributed by atoms with van der Waals surface area (Å²) >= 11 is 0. The van der Waals surface area contributed by atoms with Gasteiger partial charge >= 0.3 is 0 Å². The molecular weight excluding hydrogens is 322 g/mol. The number of guanidine groups is 2. The van der Waals surface area contributed by atoms with Gasteiger partial charge in [0.15, 0.2) is 11.6 Å². The number of nitrogens with one attached hydrogen (secondary N) is 2. The molecule has 4 rings (SSSR count). The van der Waals surface area contributed by atoms with E-state index in [4.69, 9.17) is 15.7 Å². The van der Waals surface area contributed by atoms with E-state index in [9.17, 15) is 0 Å².